The lowest BCUT2D eigenvalue weighted by molar-refractivity contribution is 0.0656. The van der Waals surface area contributed by atoms with E-state index >= 15 is 0 Å². The fourth-order valence-electron chi connectivity index (χ4n) is 2.45. The predicted octanol–water partition coefficient (Wildman–Crippen LogP) is 1.94. The van der Waals surface area contributed by atoms with E-state index in [0.29, 0.717) is 16.7 Å². The van der Waals surface area contributed by atoms with Gasteiger partial charge in [-0.15, -0.1) is 0 Å². The molecule has 2 aromatic rings. The summed E-state index contributed by atoms with van der Waals surface area (Å²) in [7, 11) is 0. The Kier molecular flexibility index (Phi) is 3.10. The number of hydrogen-bond acceptors (Lipinski definition) is 4. The van der Waals surface area contributed by atoms with Crippen LogP contribution in [-0.2, 0) is 6.42 Å². The van der Waals surface area contributed by atoms with Crippen molar-refractivity contribution >= 4 is 11.8 Å². The smallest absolute Gasteiger partial charge is 0.261 e. The van der Waals surface area contributed by atoms with Crippen molar-refractivity contribution in [3.63, 3.8) is 0 Å². The molecule has 21 heavy (non-hydrogen) atoms. The zero-order valence-electron chi connectivity index (χ0n) is 11.1. The lowest BCUT2D eigenvalue weighted by Gasteiger charge is -2.14. The molecular formula is C16H13NO4. The Morgan fingerprint density at radius 2 is 1.52 bits per heavy atom. The first-order valence-corrected chi connectivity index (χ1v) is 6.54. The molecule has 2 N–H and O–H groups in total. The molecule has 0 saturated heterocycles. The van der Waals surface area contributed by atoms with Crippen LogP contribution in [0.2, 0.25) is 0 Å². The van der Waals surface area contributed by atoms with Crippen molar-refractivity contribution in [2.45, 2.75) is 6.42 Å². The first-order valence-electron chi connectivity index (χ1n) is 6.54. The molecule has 0 aromatic heterocycles. The molecule has 3 rings (SSSR count). The second-order valence-corrected chi connectivity index (χ2v) is 4.87. The number of phenols is 2. The monoisotopic (exact) mass is 283 g/mol. The van der Waals surface area contributed by atoms with Gasteiger partial charge in [-0.1, -0.05) is 12.1 Å². The van der Waals surface area contributed by atoms with Crippen molar-refractivity contribution < 1.29 is 19.8 Å². The number of imide groups is 1. The molecule has 0 aliphatic carbocycles. The van der Waals surface area contributed by atoms with Crippen LogP contribution in [0, 0.1) is 0 Å². The van der Waals surface area contributed by atoms with E-state index in [4.69, 9.17) is 0 Å². The topological polar surface area (TPSA) is 77.8 Å². The van der Waals surface area contributed by atoms with E-state index in [1.165, 1.54) is 18.2 Å². The zero-order valence-corrected chi connectivity index (χ0v) is 11.1. The second kappa shape index (κ2) is 4.94. The second-order valence-electron chi connectivity index (χ2n) is 4.87. The first kappa shape index (κ1) is 13.2. The number of carbonyl (C=O) groups is 2. The number of benzene rings is 2. The Morgan fingerprint density at radius 1 is 0.905 bits per heavy atom. The summed E-state index contributed by atoms with van der Waals surface area (Å²) in [6.45, 7) is 0.156. The Bertz CT molecular complexity index is 704. The molecule has 2 aromatic carbocycles. The third kappa shape index (κ3) is 2.23. The molecule has 2 amide bonds. The van der Waals surface area contributed by atoms with E-state index in [1.807, 2.05) is 0 Å². The van der Waals surface area contributed by atoms with Gasteiger partial charge in [0.05, 0.1) is 11.1 Å². The molecule has 0 unspecified atom stereocenters. The van der Waals surface area contributed by atoms with Crippen molar-refractivity contribution in [1.29, 1.82) is 0 Å². The third-order valence-corrected chi connectivity index (χ3v) is 3.55. The van der Waals surface area contributed by atoms with Crippen molar-refractivity contribution in [2.75, 3.05) is 6.54 Å². The number of amides is 2. The minimum Gasteiger partial charge on any atom is -0.508 e. The van der Waals surface area contributed by atoms with Crippen LogP contribution in [0.4, 0.5) is 0 Å². The molecule has 0 bridgehead atoms. The van der Waals surface area contributed by atoms with Crippen LogP contribution in [0.5, 0.6) is 11.5 Å². The van der Waals surface area contributed by atoms with Gasteiger partial charge in [0, 0.05) is 6.54 Å². The number of hydrogen-bond donors (Lipinski definition) is 2. The maximum absolute atomic E-state index is 12.2. The SMILES string of the molecule is O=C1c2ccccc2C(=O)N1CCc1cc(O)ccc1O. The number of rotatable bonds is 3. The van der Waals surface area contributed by atoms with Crippen molar-refractivity contribution in [1.82, 2.24) is 4.90 Å². The lowest BCUT2D eigenvalue weighted by Crippen LogP contribution is -2.31. The minimum atomic E-state index is -0.324. The number of carbonyl (C=O) groups excluding carboxylic acids is 2. The molecule has 1 aliphatic rings. The maximum Gasteiger partial charge on any atom is 0.261 e. The highest BCUT2D eigenvalue weighted by atomic mass is 16.3. The van der Waals surface area contributed by atoms with Gasteiger partial charge in [-0.25, -0.2) is 0 Å². The summed E-state index contributed by atoms with van der Waals surface area (Å²) in [6.07, 6.45) is 0.283. The predicted molar refractivity (Wildman–Crippen MR) is 75.3 cm³/mol. The number of fused-ring (bicyclic) bond motifs is 1. The highest BCUT2D eigenvalue weighted by Gasteiger charge is 2.34. The Hall–Kier alpha value is -2.82. The molecule has 0 fully saturated rings. The van der Waals surface area contributed by atoms with Crippen LogP contribution in [-0.4, -0.2) is 33.5 Å². The van der Waals surface area contributed by atoms with Gasteiger partial charge < -0.3 is 10.2 Å². The minimum absolute atomic E-state index is 0.0319. The number of nitrogens with zero attached hydrogens (tertiary/aromatic N) is 1. The van der Waals surface area contributed by atoms with E-state index in [0.717, 1.165) is 4.90 Å². The Labute approximate surface area is 121 Å². The van der Waals surface area contributed by atoms with Crippen LogP contribution in [0.25, 0.3) is 0 Å². The molecule has 1 heterocycles. The number of phenolic OH excluding ortho intramolecular Hbond substituents is 2. The summed E-state index contributed by atoms with van der Waals surface area (Å²) < 4.78 is 0. The summed E-state index contributed by atoms with van der Waals surface area (Å²) in [5, 5.41) is 19.1. The molecule has 5 nitrogen and oxygen atoms in total. The molecule has 0 atom stereocenters. The standard InChI is InChI=1S/C16H13NO4/c18-11-5-6-14(19)10(9-11)7-8-17-15(20)12-3-1-2-4-13(12)16(17)21/h1-6,9,18-19H,7-8H2. The Morgan fingerprint density at radius 3 is 2.14 bits per heavy atom. The van der Waals surface area contributed by atoms with Crippen LogP contribution < -0.4 is 0 Å². The summed E-state index contributed by atoms with van der Waals surface area (Å²) >= 11 is 0. The lowest BCUT2D eigenvalue weighted by atomic mass is 10.1. The van der Waals surface area contributed by atoms with Crippen LogP contribution in [0.3, 0.4) is 0 Å². The number of aromatic hydroxyl groups is 2. The van der Waals surface area contributed by atoms with Crippen molar-refractivity contribution in [3.05, 3.63) is 59.2 Å². The molecule has 0 spiro atoms. The highest BCUT2D eigenvalue weighted by Crippen LogP contribution is 2.25. The van der Waals surface area contributed by atoms with Crippen LogP contribution in [0.1, 0.15) is 26.3 Å². The van der Waals surface area contributed by atoms with Gasteiger partial charge in [-0.05, 0) is 42.3 Å². The molecule has 5 heteroatoms. The highest BCUT2D eigenvalue weighted by molar-refractivity contribution is 6.21. The maximum atomic E-state index is 12.2. The summed E-state index contributed by atoms with van der Waals surface area (Å²) in [5.41, 5.74) is 1.30. The fourth-order valence-corrected chi connectivity index (χ4v) is 2.45. The third-order valence-electron chi connectivity index (χ3n) is 3.55. The quantitative estimate of drug-likeness (QED) is 0.666. The van der Waals surface area contributed by atoms with Gasteiger partial charge in [0.2, 0.25) is 0 Å². The van der Waals surface area contributed by atoms with Gasteiger partial charge in [-0.3, -0.25) is 14.5 Å². The normalized spacial score (nSPS) is 13.6. The van der Waals surface area contributed by atoms with Crippen LogP contribution in [0.15, 0.2) is 42.5 Å². The fraction of sp³-hybridized carbons (Fsp3) is 0.125. The molecular weight excluding hydrogens is 270 g/mol. The van der Waals surface area contributed by atoms with E-state index in [1.54, 1.807) is 24.3 Å². The molecule has 0 radical (unpaired) electrons. The van der Waals surface area contributed by atoms with Gasteiger partial charge in [0.25, 0.3) is 11.8 Å². The van der Waals surface area contributed by atoms with E-state index in [-0.39, 0.29) is 36.3 Å². The molecule has 1 aliphatic heterocycles. The summed E-state index contributed by atoms with van der Waals surface area (Å²) in [6, 6.07) is 10.9. The first-order chi connectivity index (χ1) is 10.1. The van der Waals surface area contributed by atoms with Crippen molar-refractivity contribution in [3.8, 4) is 11.5 Å². The molecule has 0 saturated carbocycles. The Balaban J connectivity index is 1.80. The van der Waals surface area contributed by atoms with E-state index in [2.05, 4.69) is 0 Å². The van der Waals surface area contributed by atoms with Gasteiger partial charge >= 0.3 is 0 Å². The molecule has 106 valence electrons. The van der Waals surface area contributed by atoms with Gasteiger partial charge in [0.15, 0.2) is 0 Å². The zero-order chi connectivity index (χ0) is 15.0. The van der Waals surface area contributed by atoms with E-state index in [9.17, 15) is 19.8 Å². The average molecular weight is 283 g/mol. The van der Waals surface area contributed by atoms with Gasteiger partial charge in [0.1, 0.15) is 11.5 Å². The van der Waals surface area contributed by atoms with E-state index < -0.39 is 0 Å². The summed E-state index contributed by atoms with van der Waals surface area (Å²) in [4.78, 5) is 25.5. The largest absolute Gasteiger partial charge is 0.508 e. The van der Waals surface area contributed by atoms with Gasteiger partial charge in [-0.2, -0.15) is 0 Å². The summed E-state index contributed by atoms with van der Waals surface area (Å²) in [5.74, 6) is -0.583. The average Bonchev–Trinajstić information content (AvgIpc) is 2.73. The van der Waals surface area contributed by atoms with Crippen molar-refractivity contribution in [2.24, 2.45) is 0 Å². The van der Waals surface area contributed by atoms with Crippen LogP contribution >= 0.6 is 0 Å².